The lowest BCUT2D eigenvalue weighted by Gasteiger charge is -2.13. The Morgan fingerprint density at radius 1 is 0.939 bits per heavy atom. The highest BCUT2D eigenvalue weighted by molar-refractivity contribution is 6.13. The molecule has 0 radical (unpaired) electrons. The van der Waals surface area contributed by atoms with Crippen LogP contribution in [-0.4, -0.2) is 0 Å². The van der Waals surface area contributed by atoms with E-state index in [1.165, 1.54) is 53.1 Å². The van der Waals surface area contributed by atoms with Crippen molar-refractivity contribution >= 4 is 32.7 Å². The van der Waals surface area contributed by atoms with Crippen molar-refractivity contribution in [2.45, 2.75) is 45.4 Å². The molecule has 1 aliphatic carbocycles. The number of rotatable bonds is 2. The number of aryl methyl sites for hydroxylation is 2. The number of aromatic nitrogens is 1. The standard InChI is InChI=1S/C30H27N2O/c1-18-15-26-25-10-6-9-23(17-31)29(25)33-30(26)27(19(18)2)28-24-12-11-21(20-7-4-5-8-20)16-22(24)13-14-32(28)3/h6,9-16,20H,4-5,7-8H2,1-3H3/q+1. The maximum absolute atomic E-state index is 9.64. The Balaban J connectivity index is 1.69. The molecule has 3 heteroatoms. The molecule has 0 amide bonds. The van der Waals surface area contributed by atoms with Gasteiger partial charge in [0.1, 0.15) is 18.7 Å². The summed E-state index contributed by atoms with van der Waals surface area (Å²) in [6.07, 6.45) is 7.45. The summed E-state index contributed by atoms with van der Waals surface area (Å²) >= 11 is 0. The Labute approximate surface area is 193 Å². The van der Waals surface area contributed by atoms with Gasteiger partial charge in [0.2, 0.25) is 5.69 Å². The van der Waals surface area contributed by atoms with Crippen molar-refractivity contribution < 1.29 is 8.98 Å². The smallest absolute Gasteiger partial charge is 0.224 e. The van der Waals surface area contributed by atoms with Gasteiger partial charge in [-0.15, -0.1) is 0 Å². The molecule has 0 saturated heterocycles. The van der Waals surface area contributed by atoms with Crippen LogP contribution < -0.4 is 4.57 Å². The first-order valence-electron chi connectivity index (χ1n) is 11.8. The van der Waals surface area contributed by atoms with Crippen molar-refractivity contribution in [1.82, 2.24) is 0 Å². The van der Waals surface area contributed by atoms with Crippen molar-refractivity contribution in [3.8, 4) is 17.3 Å². The number of pyridine rings is 1. The second-order valence-corrected chi connectivity index (χ2v) is 9.57. The highest BCUT2D eigenvalue weighted by Crippen LogP contribution is 2.42. The Bertz CT molecular complexity index is 1610. The highest BCUT2D eigenvalue weighted by Gasteiger charge is 2.26. The number of hydrogen-bond donors (Lipinski definition) is 0. The lowest BCUT2D eigenvalue weighted by atomic mass is 9.91. The molecule has 1 saturated carbocycles. The van der Waals surface area contributed by atoms with Crippen LogP contribution in [0.4, 0.5) is 0 Å². The molecule has 0 spiro atoms. The molecular weight excluding hydrogens is 404 g/mol. The third-order valence-corrected chi connectivity index (χ3v) is 7.65. The summed E-state index contributed by atoms with van der Waals surface area (Å²) in [7, 11) is 2.11. The van der Waals surface area contributed by atoms with E-state index in [0.717, 1.165) is 27.6 Å². The highest BCUT2D eigenvalue weighted by atomic mass is 16.3. The molecule has 2 heterocycles. The van der Waals surface area contributed by atoms with Crippen LogP contribution in [0.5, 0.6) is 0 Å². The summed E-state index contributed by atoms with van der Waals surface area (Å²) in [5, 5.41) is 14.2. The lowest BCUT2D eigenvalue weighted by molar-refractivity contribution is -0.659. The van der Waals surface area contributed by atoms with Gasteiger partial charge >= 0.3 is 0 Å². The van der Waals surface area contributed by atoms with E-state index in [1.54, 1.807) is 0 Å². The van der Waals surface area contributed by atoms with Crippen LogP contribution in [0.25, 0.3) is 44.0 Å². The number of nitrogens with zero attached hydrogens (tertiary/aromatic N) is 2. The molecular formula is C30H27N2O+. The average molecular weight is 432 g/mol. The lowest BCUT2D eigenvalue weighted by Crippen LogP contribution is -2.31. The van der Waals surface area contributed by atoms with Gasteiger partial charge in [-0.3, -0.25) is 0 Å². The zero-order chi connectivity index (χ0) is 22.7. The summed E-state index contributed by atoms with van der Waals surface area (Å²) in [5.41, 5.74) is 8.29. The van der Waals surface area contributed by atoms with Gasteiger partial charge in [-0.05, 0) is 72.9 Å². The molecule has 0 bridgehead atoms. The molecule has 0 atom stereocenters. The molecule has 162 valence electrons. The Hall–Kier alpha value is -3.64. The van der Waals surface area contributed by atoms with Crippen molar-refractivity contribution in [3.63, 3.8) is 0 Å². The molecule has 0 N–H and O–H groups in total. The topological polar surface area (TPSA) is 40.8 Å². The van der Waals surface area contributed by atoms with Crippen LogP contribution in [0.3, 0.4) is 0 Å². The van der Waals surface area contributed by atoms with Crippen LogP contribution in [0.1, 0.15) is 53.9 Å². The Morgan fingerprint density at radius 2 is 1.76 bits per heavy atom. The van der Waals surface area contributed by atoms with E-state index in [-0.39, 0.29) is 0 Å². The van der Waals surface area contributed by atoms with Crippen LogP contribution in [-0.2, 0) is 7.05 Å². The second kappa shape index (κ2) is 7.46. The minimum absolute atomic E-state index is 0.577. The number of para-hydroxylation sites is 1. The quantitative estimate of drug-likeness (QED) is 0.274. The SMILES string of the molecule is Cc1cc2c(oc3c(C#N)cccc32)c(-c2c3ccc(C4CCCC4)cc3cc[n+]2C)c1C. The molecule has 1 aliphatic rings. The van der Waals surface area contributed by atoms with Crippen molar-refractivity contribution in [2.75, 3.05) is 0 Å². The first kappa shape index (κ1) is 20.0. The average Bonchev–Trinajstić information content (AvgIpc) is 3.49. The molecule has 3 aromatic carbocycles. The summed E-state index contributed by atoms with van der Waals surface area (Å²) in [4.78, 5) is 0. The van der Waals surface area contributed by atoms with Gasteiger partial charge in [0, 0.05) is 16.8 Å². The minimum atomic E-state index is 0.577. The number of benzene rings is 3. The van der Waals surface area contributed by atoms with Gasteiger partial charge in [0.05, 0.1) is 16.5 Å². The summed E-state index contributed by atoms with van der Waals surface area (Å²) < 4.78 is 8.67. The van der Waals surface area contributed by atoms with Gasteiger partial charge in [0.25, 0.3) is 0 Å². The third-order valence-electron chi connectivity index (χ3n) is 7.65. The van der Waals surface area contributed by atoms with E-state index in [4.69, 9.17) is 4.42 Å². The van der Waals surface area contributed by atoms with Gasteiger partial charge in [-0.2, -0.15) is 5.26 Å². The van der Waals surface area contributed by atoms with Crippen LogP contribution >= 0.6 is 0 Å². The fourth-order valence-electron chi connectivity index (χ4n) is 5.75. The maximum atomic E-state index is 9.64. The minimum Gasteiger partial charge on any atom is -0.454 e. The molecule has 0 aliphatic heterocycles. The molecule has 6 rings (SSSR count). The van der Waals surface area contributed by atoms with Crippen LogP contribution in [0.2, 0.25) is 0 Å². The third kappa shape index (κ3) is 2.98. The monoisotopic (exact) mass is 431 g/mol. The predicted octanol–water partition coefficient (Wildman–Crippen LogP) is 7.38. The molecule has 1 fully saturated rings. The number of fused-ring (bicyclic) bond motifs is 4. The first-order chi connectivity index (χ1) is 16.1. The van der Waals surface area contributed by atoms with E-state index in [2.05, 4.69) is 74.1 Å². The molecule has 5 aromatic rings. The van der Waals surface area contributed by atoms with E-state index in [0.29, 0.717) is 17.1 Å². The summed E-state index contributed by atoms with van der Waals surface area (Å²) in [6.45, 7) is 4.34. The van der Waals surface area contributed by atoms with E-state index in [9.17, 15) is 5.26 Å². The zero-order valence-corrected chi connectivity index (χ0v) is 19.4. The van der Waals surface area contributed by atoms with Crippen molar-refractivity contribution in [3.05, 3.63) is 77.0 Å². The summed E-state index contributed by atoms with van der Waals surface area (Å²) in [6, 6.07) is 19.6. The molecule has 3 nitrogen and oxygen atoms in total. The molecule has 33 heavy (non-hydrogen) atoms. The normalized spacial score (nSPS) is 14.5. The second-order valence-electron chi connectivity index (χ2n) is 9.57. The van der Waals surface area contributed by atoms with Gasteiger partial charge < -0.3 is 4.42 Å². The van der Waals surface area contributed by atoms with E-state index < -0.39 is 0 Å². The summed E-state index contributed by atoms with van der Waals surface area (Å²) in [5.74, 6) is 0.694. The Morgan fingerprint density at radius 3 is 2.55 bits per heavy atom. The van der Waals surface area contributed by atoms with Gasteiger partial charge in [0.15, 0.2) is 11.8 Å². The zero-order valence-electron chi connectivity index (χ0n) is 19.4. The number of furan rings is 1. The van der Waals surface area contributed by atoms with Gasteiger partial charge in [-0.1, -0.05) is 37.1 Å². The molecule has 0 unspecified atom stereocenters. The van der Waals surface area contributed by atoms with Gasteiger partial charge in [-0.25, -0.2) is 4.57 Å². The van der Waals surface area contributed by atoms with Crippen LogP contribution in [0, 0.1) is 25.2 Å². The first-order valence-corrected chi connectivity index (χ1v) is 11.8. The van der Waals surface area contributed by atoms with Crippen molar-refractivity contribution in [1.29, 1.82) is 5.26 Å². The fourth-order valence-corrected chi connectivity index (χ4v) is 5.75. The van der Waals surface area contributed by atoms with Crippen molar-refractivity contribution in [2.24, 2.45) is 7.05 Å². The number of nitriles is 1. The maximum Gasteiger partial charge on any atom is 0.224 e. The Kier molecular flexibility index (Phi) is 4.52. The largest absolute Gasteiger partial charge is 0.454 e. The van der Waals surface area contributed by atoms with Crippen LogP contribution in [0.15, 0.2) is 59.1 Å². The van der Waals surface area contributed by atoms with E-state index >= 15 is 0 Å². The molecule has 2 aromatic heterocycles. The number of hydrogen-bond acceptors (Lipinski definition) is 2. The van der Waals surface area contributed by atoms with E-state index in [1.807, 2.05) is 12.1 Å². The fraction of sp³-hybridized carbons (Fsp3) is 0.267. The predicted molar refractivity (Wildman–Crippen MR) is 133 cm³/mol.